The molecule has 0 saturated carbocycles. The lowest BCUT2D eigenvalue weighted by Gasteiger charge is -2.37. The van der Waals surface area contributed by atoms with Crippen LogP contribution in [-0.2, 0) is 6.42 Å². The Morgan fingerprint density at radius 2 is 2.13 bits per heavy atom. The first kappa shape index (κ1) is 19.4. The van der Waals surface area contributed by atoms with Gasteiger partial charge in [0.1, 0.15) is 6.04 Å². The van der Waals surface area contributed by atoms with Gasteiger partial charge in [0.2, 0.25) is 12.5 Å². The van der Waals surface area contributed by atoms with Crippen molar-refractivity contribution in [3.05, 3.63) is 47.0 Å². The van der Waals surface area contributed by atoms with E-state index in [0.29, 0.717) is 22.8 Å². The average molecular weight is 425 g/mol. The molecule has 0 spiro atoms. The second-order valence-corrected chi connectivity index (χ2v) is 7.40. The van der Waals surface area contributed by atoms with Crippen molar-refractivity contribution in [1.29, 1.82) is 0 Å². The van der Waals surface area contributed by atoms with Gasteiger partial charge in [0.05, 0.1) is 12.8 Å². The van der Waals surface area contributed by atoms with Crippen LogP contribution in [0.5, 0.6) is 17.2 Å². The standard InChI is InChI=1S/C20H23N7O4/c1-26-8-7-12-9-14-17(31-10-30-14)18(29-2)15(12)16(26)19-23-24-25-27(19)13-5-3-11(4-6-13)20(28)22-21/h3-6,9,16,24-25H,7-8,10,21H2,1-2H3,(H,22,28)/t16-/m1/s1. The lowest BCUT2D eigenvalue weighted by Crippen LogP contribution is -2.48. The molecule has 2 aromatic carbocycles. The minimum atomic E-state index is -0.352. The van der Waals surface area contributed by atoms with Crippen molar-refractivity contribution in [3.8, 4) is 17.2 Å². The number of carbonyl (C=O) groups excluding carboxylic acids is 1. The molecule has 0 aliphatic carbocycles. The zero-order valence-corrected chi connectivity index (χ0v) is 17.1. The Morgan fingerprint density at radius 1 is 1.32 bits per heavy atom. The molecule has 0 fully saturated rings. The summed E-state index contributed by atoms with van der Waals surface area (Å²) in [6.07, 6.45) is 0.854. The number of nitrogens with one attached hydrogen (secondary N) is 3. The van der Waals surface area contributed by atoms with Crippen molar-refractivity contribution in [1.82, 2.24) is 21.4 Å². The molecule has 2 aromatic rings. The SMILES string of the molecule is COc1c2c(cc3c1[C@H](C1=NNNN1c1ccc(C(=O)NN)cc1)N(C)CC3)OCO2. The Hall–Kier alpha value is -3.54. The summed E-state index contributed by atoms with van der Waals surface area (Å²) in [5.41, 5.74) is 11.4. The van der Waals surface area contributed by atoms with Gasteiger partial charge in [-0.1, -0.05) is 0 Å². The topological polar surface area (TPSA) is 126 Å². The highest BCUT2D eigenvalue weighted by Crippen LogP contribution is 2.50. The fourth-order valence-corrected chi connectivity index (χ4v) is 4.22. The third-order valence-corrected chi connectivity index (χ3v) is 5.72. The number of hydrazine groups is 3. The number of hydrazone groups is 1. The Balaban J connectivity index is 1.55. The second kappa shape index (κ2) is 7.61. The molecule has 5 rings (SSSR count). The molecule has 3 aliphatic rings. The number of ether oxygens (including phenoxy) is 3. The maximum Gasteiger partial charge on any atom is 0.265 e. The summed E-state index contributed by atoms with van der Waals surface area (Å²) >= 11 is 0. The van der Waals surface area contributed by atoms with E-state index in [1.165, 1.54) is 0 Å². The van der Waals surface area contributed by atoms with Gasteiger partial charge >= 0.3 is 0 Å². The van der Waals surface area contributed by atoms with E-state index in [0.717, 1.165) is 35.6 Å². The van der Waals surface area contributed by atoms with Gasteiger partial charge in [-0.25, -0.2) is 16.4 Å². The number of likely N-dealkylation sites (N-methyl/N-ethyl adjacent to an activating group) is 1. The summed E-state index contributed by atoms with van der Waals surface area (Å²) in [4.78, 5) is 14.0. The molecule has 1 amide bonds. The number of nitrogens with two attached hydrogens (primary N) is 1. The fraction of sp³-hybridized carbons (Fsp3) is 0.300. The summed E-state index contributed by atoms with van der Waals surface area (Å²) in [5, 5.41) is 6.36. The molecule has 3 heterocycles. The highest BCUT2D eigenvalue weighted by molar-refractivity contribution is 6.03. The fourth-order valence-electron chi connectivity index (χ4n) is 4.22. The van der Waals surface area contributed by atoms with Gasteiger partial charge in [0.15, 0.2) is 17.3 Å². The van der Waals surface area contributed by atoms with Gasteiger partial charge in [-0.3, -0.25) is 15.1 Å². The summed E-state index contributed by atoms with van der Waals surface area (Å²) in [6, 6.07) is 8.86. The molecule has 0 aromatic heterocycles. The number of anilines is 1. The number of nitrogen functional groups attached to an aromatic ring is 1. The van der Waals surface area contributed by atoms with Crippen LogP contribution in [0.2, 0.25) is 0 Å². The highest BCUT2D eigenvalue weighted by Gasteiger charge is 2.40. The van der Waals surface area contributed by atoms with Crippen LogP contribution >= 0.6 is 0 Å². The third kappa shape index (κ3) is 3.10. The van der Waals surface area contributed by atoms with Crippen LogP contribution in [0.4, 0.5) is 5.69 Å². The molecular formula is C20H23N7O4. The quantitative estimate of drug-likeness (QED) is 0.313. The van der Waals surface area contributed by atoms with E-state index in [1.807, 2.05) is 30.3 Å². The second-order valence-electron chi connectivity index (χ2n) is 7.40. The normalized spacial score (nSPS) is 19.5. The van der Waals surface area contributed by atoms with Crippen molar-refractivity contribution in [2.45, 2.75) is 12.5 Å². The van der Waals surface area contributed by atoms with E-state index in [9.17, 15) is 4.79 Å². The van der Waals surface area contributed by atoms with Gasteiger partial charge in [-0.15, -0.1) is 10.6 Å². The van der Waals surface area contributed by atoms with E-state index in [-0.39, 0.29) is 18.7 Å². The lowest BCUT2D eigenvalue weighted by atomic mass is 9.90. The van der Waals surface area contributed by atoms with E-state index in [1.54, 1.807) is 19.2 Å². The van der Waals surface area contributed by atoms with Gasteiger partial charge < -0.3 is 14.2 Å². The number of hydrogen-bond acceptors (Lipinski definition) is 10. The Labute approximate surface area is 178 Å². The van der Waals surface area contributed by atoms with E-state index >= 15 is 0 Å². The summed E-state index contributed by atoms with van der Waals surface area (Å²) in [7, 11) is 3.68. The smallest absolute Gasteiger partial charge is 0.265 e. The molecule has 3 aliphatic heterocycles. The Morgan fingerprint density at radius 3 is 2.87 bits per heavy atom. The number of rotatable bonds is 4. The largest absolute Gasteiger partial charge is 0.492 e. The summed E-state index contributed by atoms with van der Waals surface area (Å²) < 4.78 is 17.1. The van der Waals surface area contributed by atoms with Crippen LogP contribution in [0.1, 0.15) is 27.5 Å². The van der Waals surface area contributed by atoms with Gasteiger partial charge in [-0.05, 0) is 49.4 Å². The first-order valence-corrected chi connectivity index (χ1v) is 9.81. The molecule has 0 saturated heterocycles. The predicted molar refractivity (Wildman–Crippen MR) is 112 cm³/mol. The maximum atomic E-state index is 11.8. The van der Waals surface area contributed by atoms with Crippen LogP contribution in [0.15, 0.2) is 35.4 Å². The number of amidine groups is 1. The van der Waals surface area contributed by atoms with Crippen molar-refractivity contribution in [2.24, 2.45) is 10.9 Å². The zero-order valence-electron chi connectivity index (χ0n) is 17.1. The van der Waals surface area contributed by atoms with Crippen molar-refractivity contribution in [2.75, 3.05) is 32.5 Å². The highest BCUT2D eigenvalue weighted by atomic mass is 16.7. The molecule has 0 radical (unpaired) electrons. The van der Waals surface area contributed by atoms with E-state index in [4.69, 9.17) is 20.1 Å². The number of hydrogen-bond donors (Lipinski definition) is 4. The van der Waals surface area contributed by atoms with Crippen LogP contribution < -0.4 is 41.6 Å². The maximum absolute atomic E-state index is 11.8. The van der Waals surface area contributed by atoms with Crippen LogP contribution in [0, 0.1) is 0 Å². The van der Waals surface area contributed by atoms with Crippen molar-refractivity contribution < 1.29 is 19.0 Å². The van der Waals surface area contributed by atoms with Crippen LogP contribution in [0.25, 0.3) is 0 Å². The predicted octanol–water partition coefficient (Wildman–Crippen LogP) is 0.399. The van der Waals surface area contributed by atoms with Gasteiger partial charge in [0.25, 0.3) is 5.91 Å². The lowest BCUT2D eigenvalue weighted by molar-refractivity contribution is 0.0953. The number of nitrogens with zero attached hydrogens (tertiary/aromatic N) is 3. The number of methoxy groups -OCH3 is 1. The number of fused-ring (bicyclic) bond motifs is 2. The van der Waals surface area contributed by atoms with E-state index < -0.39 is 0 Å². The summed E-state index contributed by atoms with van der Waals surface area (Å²) in [5.74, 6) is 7.58. The molecule has 5 N–H and O–H groups in total. The molecule has 0 unspecified atom stereocenters. The van der Waals surface area contributed by atoms with Crippen molar-refractivity contribution in [3.63, 3.8) is 0 Å². The van der Waals surface area contributed by atoms with E-state index in [2.05, 4.69) is 26.5 Å². The average Bonchev–Trinajstić information content (AvgIpc) is 3.47. The van der Waals surface area contributed by atoms with Gasteiger partial charge in [-0.2, -0.15) is 0 Å². The molecule has 31 heavy (non-hydrogen) atoms. The number of amides is 1. The number of carbonyl (C=O) groups is 1. The Kier molecular flexibility index (Phi) is 4.77. The zero-order chi connectivity index (χ0) is 21.5. The molecular weight excluding hydrogens is 402 g/mol. The van der Waals surface area contributed by atoms with Crippen LogP contribution in [0.3, 0.4) is 0 Å². The van der Waals surface area contributed by atoms with Crippen molar-refractivity contribution >= 4 is 17.4 Å². The molecule has 11 nitrogen and oxygen atoms in total. The molecule has 11 heteroatoms. The Bertz CT molecular complexity index is 1060. The minimum Gasteiger partial charge on any atom is -0.492 e. The monoisotopic (exact) mass is 425 g/mol. The summed E-state index contributed by atoms with van der Waals surface area (Å²) in [6.45, 7) is 1.01. The molecule has 0 bridgehead atoms. The molecule has 162 valence electrons. The third-order valence-electron chi connectivity index (χ3n) is 5.72. The first-order valence-electron chi connectivity index (χ1n) is 9.81. The number of benzene rings is 2. The molecule has 1 atom stereocenters. The van der Waals surface area contributed by atoms with Crippen LogP contribution in [-0.4, -0.2) is 44.1 Å². The van der Waals surface area contributed by atoms with Gasteiger partial charge in [0, 0.05) is 17.7 Å². The minimum absolute atomic E-state index is 0.175. The first-order chi connectivity index (χ1) is 15.1.